The van der Waals surface area contributed by atoms with Crippen LogP contribution >= 0.6 is 11.8 Å². The molecule has 2 nitrogen and oxygen atoms in total. The van der Waals surface area contributed by atoms with E-state index < -0.39 is 6.10 Å². The number of hydrogen-bond acceptors (Lipinski definition) is 3. The van der Waals surface area contributed by atoms with Gasteiger partial charge in [-0.25, -0.2) is 0 Å². The first-order valence-electron chi connectivity index (χ1n) is 5.06. The number of thioether (sulfide) groups is 1. The highest BCUT2D eigenvalue weighted by atomic mass is 32.2. The van der Waals surface area contributed by atoms with E-state index in [1.54, 1.807) is 6.92 Å². The first-order valence-corrected chi connectivity index (χ1v) is 6.05. The molecule has 0 spiro atoms. The highest BCUT2D eigenvalue weighted by Crippen LogP contribution is 2.25. The van der Waals surface area contributed by atoms with Crippen LogP contribution in [-0.2, 0) is 4.79 Å². The molecule has 1 aromatic rings. The van der Waals surface area contributed by atoms with Crippen LogP contribution in [0.1, 0.15) is 25.5 Å². The Morgan fingerprint density at radius 3 is 2.53 bits per heavy atom. The summed E-state index contributed by atoms with van der Waals surface area (Å²) in [6.45, 7) is 3.70. The molecule has 1 aromatic carbocycles. The van der Waals surface area contributed by atoms with Crippen molar-refractivity contribution in [2.45, 2.75) is 20.0 Å². The highest BCUT2D eigenvalue weighted by Gasteiger charge is 2.22. The van der Waals surface area contributed by atoms with Gasteiger partial charge < -0.3 is 5.11 Å². The summed E-state index contributed by atoms with van der Waals surface area (Å²) in [5.74, 6) is 0.405. The van der Waals surface area contributed by atoms with Gasteiger partial charge in [0.25, 0.3) is 0 Å². The fraction of sp³-hybridized carbons (Fsp3) is 0.417. The second-order valence-electron chi connectivity index (χ2n) is 3.40. The summed E-state index contributed by atoms with van der Waals surface area (Å²) in [6, 6.07) is 9.30. The van der Waals surface area contributed by atoms with Crippen molar-refractivity contribution in [1.82, 2.24) is 0 Å². The summed E-state index contributed by atoms with van der Waals surface area (Å²) in [6.07, 6.45) is -0.697. The predicted molar refractivity (Wildman–Crippen MR) is 63.7 cm³/mol. The Bertz CT molecular complexity index is 311. The van der Waals surface area contributed by atoms with Gasteiger partial charge in [-0.05, 0) is 11.3 Å². The predicted octanol–water partition coefficient (Wildman–Crippen LogP) is 2.64. The fourth-order valence-electron chi connectivity index (χ4n) is 1.34. The summed E-state index contributed by atoms with van der Waals surface area (Å²) in [4.78, 5) is 11.6. The number of carbonyl (C=O) groups excluding carboxylic acids is 1. The van der Waals surface area contributed by atoms with E-state index in [9.17, 15) is 9.90 Å². The van der Waals surface area contributed by atoms with Gasteiger partial charge >= 0.3 is 0 Å². The molecule has 3 heteroatoms. The molecule has 0 fully saturated rings. The first kappa shape index (κ1) is 12.3. The van der Waals surface area contributed by atoms with Gasteiger partial charge in [-0.2, -0.15) is 0 Å². The largest absolute Gasteiger partial charge is 0.388 e. The van der Waals surface area contributed by atoms with E-state index in [0.29, 0.717) is 0 Å². The van der Waals surface area contributed by atoms with E-state index in [-0.39, 0.29) is 11.0 Å². The van der Waals surface area contributed by atoms with Crippen LogP contribution in [0.5, 0.6) is 0 Å². The molecule has 15 heavy (non-hydrogen) atoms. The molecule has 0 aliphatic rings. The minimum absolute atomic E-state index is 0.0499. The number of hydrogen-bond donors (Lipinski definition) is 1. The minimum atomic E-state index is -0.697. The lowest BCUT2D eigenvalue weighted by Gasteiger charge is -2.17. The zero-order chi connectivity index (χ0) is 11.3. The maximum Gasteiger partial charge on any atom is 0.194 e. The second kappa shape index (κ2) is 5.93. The molecule has 0 unspecified atom stereocenters. The van der Waals surface area contributed by atoms with Gasteiger partial charge in [0.1, 0.15) is 0 Å². The Morgan fingerprint density at radius 1 is 1.40 bits per heavy atom. The van der Waals surface area contributed by atoms with Crippen molar-refractivity contribution < 1.29 is 9.90 Å². The highest BCUT2D eigenvalue weighted by molar-refractivity contribution is 8.13. The van der Waals surface area contributed by atoms with Gasteiger partial charge in [0.05, 0.1) is 12.0 Å². The summed E-state index contributed by atoms with van der Waals surface area (Å²) >= 11 is 1.26. The number of aliphatic hydroxyl groups excluding tert-OH is 1. The van der Waals surface area contributed by atoms with Crippen molar-refractivity contribution in [1.29, 1.82) is 0 Å². The molecule has 1 rings (SSSR count). The third-order valence-electron chi connectivity index (χ3n) is 2.27. The van der Waals surface area contributed by atoms with E-state index in [4.69, 9.17) is 0 Å². The fourth-order valence-corrected chi connectivity index (χ4v) is 2.02. The Morgan fingerprint density at radius 2 is 2.00 bits per heavy atom. The van der Waals surface area contributed by atoms with E-state index in [1.807, 2.05) is 37.3 Å². The molecule has 0 radical (unpaired) electrons. The molecule has 1 N–H and O–H groups in total. The van der Waals surface area contributed by atoms with Crippen LogP contribution in [0.4, 0.5) is 0 Å². The minimum Gasteiger partial charge on any atom is -0.388 e. The number of benzene rings is 1. The van der Waals surface area contributed by atoms with Crippen molar-refractivity contribution in [3.8, 4) is 0 Å². The van der Waals surface area contributed by atoms with E-state index in [0.717, 1.165) is 11.3 Å². The maximum atomic E-state index is 11.6. The molecule has 0 bridgehead atoms. The lowest BCUT2D eigenvalue weighted by molar-refractivity contribution is -0.117. The molecule has 0 heterocycles. The van der Waals surface area contributed by atoms with Crippen molar-refractivity contribution in [2.75, 3.05) is 5.75 Å². The van der Waals surface area contributed by atoms with Crippen LogP contribution in [0, 0.1) is 5.92 Å². The van der Waals surface area contributed by atoms with Crippen molar-refractivity contribution in [3.05, 3.63) is 35.9 Å². The Hall–Kier alpha value is -0.800. The SMILES string of the molecule is CCSC(=O)[C@H](C)[C@@H](O)c1ccccc1. The molecule has 0 amide bonds. The third-order valence-corrected chi connectivity index (χ3v) is 3.22. The van der Waals surface area contributed by atoms with Gasteiger partial charge in [-0.1, -0.05) is 55.9 Å². The summed E-state index contributed by atoms with van der Waals surface area (Å²) in [7, 11) is 0. The molecular formula is C12H16O2S. The monoisotopic (exact) mass is 224 g/mol. The van der Waals surface area contributed by atoms with Crippen molar-refractivity contribution in [3.63, 3.8) is 0 Å². The molecule has 0 aromatic heterocycles. The van der Waals surface area contributed by atoms with Gasteiger partial charge in [0, 0.05) is 0 Å². The number of carbonyl (C=O) groups is 1. The summed E-state index contributed by atoms with van der Waals surface area (Å²) in [5, 5.41) is 10.0. The first-order chi connectivity index (χ1) is 7.16. The topological polar surface area (TPSA) is 37.3 Å². The van der Waals surface area contributed by atoms with E-state index >= 15 is 0 Å². The van der Waals surface area contributed by atoms with Crippen LogP contribution in [0.25, 0.3) is 0 Å². The lowest BCUT2D eigenvalue weighted by Crippen LogP contribution is -2.16. The lowest BCUT2D eigenvalue weighted by atomic mass is 9.99. The molecule has 0 saturated carbocycles. The van der Waals surface area contributed by atoms with Crippen LogP contribution < -0.4 is 0 Å². The number of rotatable bonds is 4. The van der Waals surface area contributed by atoms with Gasteiger partial charge in [0.2, 0.25) is 0 Å². The third kappa shape index (κ3) is 3.36. The van der Waals surface area contributed by atoms with Crippen LogP contribution in [0.3, 0.4) is 0 Å². The Labute approximate surface area is 94.7 Å². The quantitative estimate of drug-likeness (QED) is 0.854. The average molecular weight is 224 g/mol. The number of aliphatic hydroxyl groups is 1. The van der Waals surface area contributed by atoms with Crippen molar-refractivity contribution in [2.24, 2.45) is 5.92 Å². The van der Waals surface area contributed by atoms with Crippen molar-refractivity contribution >= 4 is 16.9 Å². The summed E-state index contributed by atoms with van der Waals surface area (Å²) < 4.78 is 0. The smallest absolute Gasteiger partial charge is 0.194 e. The van der Waals surface area contributed by atoms with E-state index in [2.05, 4.69) is 0 Å². The van der Waals surface area contributed by atoms with Gasteiger partial charge in [0.15, 0.2) is 5.12 Å². The van der Waals surface area contributed by atoms with Crippen LogP contribution in [-0.4, -0.2) is 16.0 Å². The molecule has 2 atom stereocenters. The second-order valence-corrected chi connectivity index (χ2v) is 4.66. The molecule has 0 aliphatic heterocycles. The zero-order valence-electron chi connectivity index (χ0n) is 9.01. The Balaban J connectivity index is 2.68. The van der Waals surface area contributed by atoms with Crippen LogP contribution in [0.2, 0.25) is 0 Å². The van der Waals surface area contributed by atoms with Gasteiger partial charge in [-0.3, -0.25) is 4.79 Å². The molecular weight excluding hydrogens is 208 g/mol. The normalized spacial score (nSPS) is 14.6. The molecule has 0 aliphatic carbocycles. The standard InChI is InChI=1S/C12H16O2S/c1-3-15-12(14)9(2)11(13)10-7-5-4-6-8-10/h4-9,11,13H,3H2,1-2H3/t9-,11-/m1/s1. The Kier molecular flexibility index (Phi) is 4.85. The van der Waals surface area contributed by atoms with E-state index in [1.165, 1.54) is 11.8 Å². The molecule has 82 valence electrons. The van der Waals surface area contributed by atoms with Gasteiger partial charge in [-0.15, -0.1) is 0 Å². The summed E-state index contributed by atoms with van der Waals surface area (Å²) in [5.41, 5.74) is 0.801. The molecule has 0 saturated heterocycles. The van der Waals surface area contributed by atoms with Crippen LogP contribution in [0.15, 0.2) is 30.3 Å². The average Bonchev–Trinajstić information content (AvgIpc) is 2.28. The maximum absolute atomic E-state index is 11.6. The zero-order valence-corrected chi connectivity index (χ0v) is 9.83.